The van der Waals surface area contributed by atoms with Crippen molar-refractivity contribution < 1.29 is 13.2 Å². The molecule has 0 aliphatic carbocycles. The quantitative estimate of drug-likeness (QED) is 0.827. The van der Waals surface area contributed by atoms with E-state index in [2.05, 4.69) is 42.3 Å². The number of carbonyl (C=O) groups is 1. The van der Waals surface area contributed by atoms with Crippen molar-refractivity contribution >= 4 is 33.0 Å². The number of amides is 1. The standard InChI is InChI=1S/C19H25N3O3S2/c1-4-20-19(23)18-17(7-12-26-18)27(24,25)22-10-8-21(9-11-22)16-13-14(2)5-6-15(16)3/h5-7,12-13H,4,8-11H2,1-3H3,(H,20,23). The number of hydrogen-bond donors (Lipinski definition) is 1. The van der Waals surface area contributed by atoms with E-state index in [9.17, 15) is 13.2 Å². The highest BCUT2D eigenvalue weighted by Gasteiger charge is 2.32. The SMILES string of the molecule is CCNC(=O)c1sccc1S(=O)(=O)N1CCN(c2cc(C)ccc2C)CC1. The Labute approximate surface area is 164 Å². The van der Waals surface area contributed by atoms with E-state index in [1.54, 1.807) is 5.38 Å². The molecule has 0 atom stereocenters. The minimum Gasteiger partial charge on any atom is -0.369 e. The van der Waals surface area contributed by atoms with Gasteiger partial charge in [0.25, 0.3) is 5.91 Å². The Morgan fingerprint density at radius 2 is 1.85 bits per heavy atom. The van der Waals surface area contributed by atoms with Gasteiger partial charge in [0.1, 0.15) is 9.77 Å². The van der Waals surface area contributed by atoms with Gasteiger partial charge in [-0.05, 0) is 49.4 Å². The first-order valence-corrected chi connectivity index (χ1v) is 11.3. The maximum Gasteiger partial charge on any atom is 0.262 e. The lowest BCUT2D eigenvalue weighted by Gasteiger charge is -2.36. The number of benzene rings is 1. The Bertz CT molecular complexity index is 929. The van der Waals surface area contributed by atoms with Crippen LogP contribution in [0.25, 0.3) is 0 Å². The lowest BCUT2D eigenvalue weighted by Crippen LogP contribution is -2.49. The predicted octanol–water partition coefficient (Wildman–Crippen LogP) is 2.63. The highest BCUT2D eigenvalue weighted by molar-refractivity contribution is 7.89. The first kappa shape index (κ1) is 19.9. The Balaban J connectivity index is 1.77. The molecule has 1 aliphatic heterocycles. The minimum atomic E-state index is -3.68. The molecule has 1 N–H and O–H groups in total. The van der Waals surface area contributed by atoms with E-state index in [1.807, 2.05) is 6.92 Å². The molecule has 8 heteroatoms. The summed E-state index contributed by atoms with van der Waals surface area (Å²) in [5.41, 5.74) is 3.54. The molecule has 27 heavy (non-hydrogen) atoms. The van der Waals surface area contributed by atoms with Crippen molar-refractivity contribution in [3.8, 4) is 0 Å². The zero-order valence-electron chi connectivity index (χ0n) is 15.9. The summed E-state index contributed by atoms with van der Waals surface area (Å²) in [4.78, 5) is 14.8. The van der Waals surface area contributed by atoms with Crippen LogP contribution in [-0.2, 0) is 10.0 Å². The number of thiophene rings is 1. The van der Waals surface area contributed by atoms with Crippen LogP contribution in [0, 0.1) is 13.8 Å². The van der Waals surface area contributed by atoms with Gasteiger partial charge in [0.15, 0.2) is 0 Å². The molecule has 1 fully saturated rings. The summed E-state index contributed by atoms with van der Waals surface area (Å²) in [5.74, 6) is -0.333. The average Bonchev–Trinajstić information content (AvgIpc) is 3.15. The second kappa shape index (κ2) is 8.00. The monoisotopic (exact) mass is 407 g/mol. The van der Waals surface area contributed by atoms with Gasteiger partial charge in [0.05, 0.1) is 0 Å². The number of carbonyl (C=O) groups excluding carboxylic acids is 1. The van der Waals surface area contributed by atoms with Gasteiger partial charge < -0.3 is 10.2 Å². The molecule has 0 saturated carbocycles. The van der Waals surface area contributed by atoms with E-state index in [4.69, 9.17) is 0 Å². The second-order valence-corrected chi connectivity index (χ2v) is 9.48. The van der Waals surface area contributed by atoms with Gasteiger partial charge in [-0.2, -0.15) is 4.31 Å². The van der Waals surface area contributed by atoms with Crippen LogP contribution in [0.15, 0.2) is 34.5 Å². The molecule has 0 unspecified atom stereocenters. The van der Waals surface area contributed by atoms with E-state index in [0.717, 1.165) is 17.0 Å². The van der Waals surface area contributed by atoms with Crippen LogP contribution in [0.3, 0.4) is 0 Å². The Morgan fingerprint density at radius 3 is 2.52 bits per heavy atom. The third kappa shape index (κ3) is 4.02. The fourth-order valence-corrected chi connectivity index (χ4v) is 6.01. The predicted molar refractivity (Wildman–Crippen MR) is 109 cm³/mol. The first-order chi connectivity index (χ1) is 12.8. The molecule has 3 rings (SSSR count). The molecule has 1 aromatic carbocycles. The lowest BCUT2D eigenvalue weighted by atomic mass is 10.1. The van der Waals surface area contributed by atoms with Crippen LogP contribution in [0.5, 0.6) is 0 Å². The molecule has 0 bridgehead atoms. The highest BCUT2D eigenvalue weighted by atomic mass is 32.2. The van der Waals surface area contributed by atoms with Gasteiger partial charge in [-0.25, -0.2) is 8.42 Å². The smallest absolute Gasteiger partial charge is 0.262 e. The molecule has 2 aromatic rings. The Kier molecular flexibility index (Phi) is 5.88. The van der Waals surface area contributed by atoms with Crippen LogP contribution in [-0.4, -0.2) is 51.4 Å². The summed E-state index contributed by atoms with van der Waals surface area (Å²) in [6.45, 7) is 8.47. The van der Waals surface area contributed by atoms with Crippen molar-refractivity contribution in [3.05, 3.63) is 45.6 Å². The van der Waals surface area contributed by atoms with Gasteiger partial charge in [0.2, 0.25) is 10.0 Å². The van der Waals surface area contributed by atoms with Crippen LogP contribution >= 0.6 is 11.3 Å². The first-order valence-electron chi connectivity index (χ1n) is 9.02. The van der Waals surface area contributed by atoms with Gasteiger partial charge in [0, 0.05) is 38.4 Å². The topological polar surface area (TPSA) is 69.7 Å². The largest absolute Gasteiger partial charge is 0.369 e. The minimum absolute atomic E-state index is 0.110. The van der Waals surface area contributed by atoms with E-state index in [-0.39, 0.29) is 15.7 Å². The summed E-state index contributed by atoms with van der Waals surface area (Å²) < 4.78 is 27.6. The zero-order valence-corrected chi connectivity index (χ0v) is 17.5. The number of rotatable bonds is 5. The van der Waals surface area contributed by atoms with E-state index in [1.165, 1.54) is 21.5 Å². The Hall–Kier alpha value is -1.90. The van der Waals surface area contributed by atoms with E-state index >= 15 is 0 Å². The summed E-state index contributed by atoms with van der Waals surface area (Å²) in [6, 6.07) is 7.85. The summed E-state index contributed by atoms with van der Waals surface area (Å²) in [7, 11) is -3.68. The van der Waals surface area contributed by atoms with Crippen molar-refractivity contribution in [3.63, 3.8) is 0 Å². The molecule has 6 nitrogen and oxygen atoms in total. The van der Waals surface area contributed by atoms with Crippen molar-refractivity contribution in [2.45, 2.75) is 25.7 Å². The molecule has 1 saturated heterocycles. The highest BCUT2D eigenvalue weighted by Crippen LogP contribution is 2.28. The molecule has 1 aliphatic rings. The maximum absolute atomic E-state index is 13.1. The number of sulfonamides is 1. The van der Waals surface area contributed by atoms with Crippen LogP contribution in [0.1, 0.15) is 27.7 Å². The molecule has 1 aromatic heterocycles. The summed E-state index contributed by atoms with van der Waals surface area (Å²) in [6.07, 6.45) is 0. The summed E-state index contributed by atoms with van der Waals surface area (Å²) in [5, 5.41) is 4.34. The molecule has 0 spiro atoms. The van der Waals surface area contributed by atoms with Crippen LogP contribution < -0.4 is 10.2 Å². The number of nitrogens with zero attached hydrogens (tertiary/aromatic N) is 2. The van der Waals surface area contributed by atoms with Crippen molar-refractivity contribution in [2.75, 3.05) is 37.6 Å². The molecule has 0 radical (unpaired) electrons. The van der Waals surface area contributed by atoms with Gasteiger partial charge in [-0.1, -0.05) is 12.1 Å². The number of piperazine rings is 1. The van der Waals surface area contributed by atoms with Crippen molar-refractivity contribution in [1.82, 2.24) is 9.62 Å². The number of hydrogen-bond acceptors (Lipinski definition) is 5. The molecular formula is C19H25N3O3S2. The van der Waals surface area contributed by atoms with Crippen molar-refractivity contribution in [1.29, 1.82) is 0 Å². The zero-order chi connectivity index (χ0) is 19.6. The van der Waals surface area contributed by atoms with E-state index < -0.39 is 10.0 Å². The average molecular weight is 408 g/mol. The number of aryl methyl sites for hydroxylation is 2. The normalized spacial score (nSPS) is 15.7. The molecular weight excluding hydrogens is 382 g/mol. The molecule has 146 valence electrons. The number of nitrogens with one attached hydrogen (secondary N) is 1. The van der Waals surface area contributed by atoms with E-state index in [0.29, 0.717) is 32.7 Å². The molecule has 2 heterocycles. The Morgan fingerprint density at radius 1 is 1.15 bits per heavy atom. The maximum atomic E-state index is 13.1. The fourth-order valence-electron chi connectivity index (χ4n) is 3.28. The third-order valence-corrected chi connectivity index (χ3v) is 7.72. The van der Waals surface area contributed by atoms with Crippen LogP contribution in [0.2, 0.25) is 0 Å². The van der Waals surface area contributed by atoms with Crippen molar-refractivity contribution in [2.24, 2.45) is 0 Å². The number of anilines is 1. The van der Waals surface area contributed by atoms with Gasteiger partial charge in [-0.3, -0.25) is 4.79 Å². The van der Waals surface area contributed by atoms with Gasteiger partial charge in [-0.15, -0.1) is 11.3 Å². The fraction of sp³-hybridized carbons (Fsp3) is 0.421. The van der Waals surface area contributed by atoms with Gasteiger partial charge >= 0.3 is 0 Å². The lowest BCUT2D eigenvalue weighted by molar-refractivity contribution is 0.0956. The third-order valence-electron chi connectivity index (χ3n) is 4.73. The molecule has 1 amide bonds. The van der Waals surface area contributed by atoms with Crippen LogP contribution in [0.4, 0.5) is 5.69 Å². The second-order valence-electron chi connectivity index (χ2n) is 6.65. The summed E-state index contributed by atoms with van der Waals surface area (Å²) >= 11 is 1.16.